The molecule has 0 saturated carbocycles. The van der Waals surface area contributed by atoms with Gasteiger partial charge in [0, 0.05) is 11.1 Å². The van der Waals surface area contributed by atoms with Crippen molar-refractivity contribution in [2.24, 2.45) is 0 Å². The smallest absolute Gasteiger partial charge is 0.185 e. The van der Waals surface area contributed by atoms with Crippen molar-refractivity contribution in [1.82, 2.24) is 0 Å². The number of carbonyl (C=O) groups excluding carboxylic acids is 1. The van der Waals surface area contributed by atoms with Crippen LogP contribution in [0.4, 0.5) is 0 Å². The molecule has 0 N–H and O–H groups in total. The molecule has 27 heavy (non-hydrogen) atoms. The third kappa shape index (κ3) is 4.11. The molecule has 0 atom stereocenters. The summed E-state index contributed by atoms with van der Waals surface area (Å²) in [4.78, 5) is 12.6. The van der Waals surface area contributed by atoms with E-state index in [9.17, 15) is 4.79 Å². The van der Waals surface area contributed by atoms with E-state index in [2.05, 4.69) is 0 Å². The summed E-state index contributed by atoms with van der Waals surface area (Å²) in [7, 11) is 3.23. The van der Waals surface area contributed by atoms with Crippen LogP contribution in [-0.2, 0) is 0 Å². The van der Waals surface area contributed by atoms with E-state index in [0.29, 0.717) is 23.7 Å². The Hall–Kier alpha value is -3.27. The molecule has 0 aromatic heterocycles. The van der Waals surface area contributed by atoms with E-state index in [4.69, 9.17) is 14.2 Å². The van der Waals surface area contributed by atoms with Crippen molar-refractivity contribution in [3.8, 4) is 17.2 Å². The summed E-state index contributed by atoms with van der Waals surface area (Å²) in [6.07, 6.45) is 3.31. The van der Waals surface area contributed by atoms with E-state index in [1.54, 1.807) is 26.4 Å². The van der Waals surface area contributed by atoms with Gasteiger partial charge < -0.3 is 14.2 Å². The van der Waals surface area contributed by atoms with Gasteiger partial charge in [-0.15, -0.1) is 0 Å². The Kier molecular flexibility index (Phi) is 5.77. The first-order valence-electron chi connectivity index (χ1n) is 8.76. The normalized spacial score (nSPS) is 10.9. The quantitative estimate of drug-likeness (QED) is 0.431. The van der Waals surface area contributed by atoms with E-state index in [1.165, 1.54) is 0 Å². The minimum atomic E-state index is -0.0726. The number of rotatable bonds is 7. The molecule has 0 fully saturated rings. The van der Waals surface area contributed by atoms with E-state index < -0.39 is 0 Å². The second-order valence-corrected chi connectivity index (χ2v) is 5.94. The lowest BCUT2D eigenvalue weighted by Crippen LogP contribution is -1.97. The summed E-state index contributed by atoms with van der Waals surface area (Å²) in [6, 6.07) is 17.0. The molecule has 0 heterocycles. The molecule has 0 aliphatic carbocycles. The predicted molar refractivity (Wildman–Crippen MR) is 108 cm³/mol. The second-order valence-electron chi connectivity index (χ2n) is 5.94. The average molecular weight is 362 g/mol. The molecule has 3 aromatic carbocycles. The van der Waals surface area contributed by atoms with Crippen molar-refractivity contribution < 1.29 is 19.0 Å². The van der Waals surface area contributed by atoms with Crippen LogP contribution in [0, 0.1) is 0 Å². The van der Waals surface area contributed by atoms with Gasteiger partial charge in [-0.3, -0.25) is 4.79 Å². The lowest BCUT2D eigenvalue weighted by Gasteiger charge is -2.11. The highest BCUT2D eigenvalue weighted by Gasteiger charge is 2.09. The number of benzene rings is 3. The molecule has 0 spiro atoms. The van der Waals surface area contributed by atoms with Gasteiger partial charge >= 0.3 is 0 Å². The lowest BCUT2D eigenvalue weighted by atomic mass is 10.0. The molecule has 0 saturated heterocycles. The van der Waals surface area contributed by atoms with Crippen LogP contribution >= 0.6 is 0 Å². The SMILES string of the molecule is CCOc1cccc(/C=C/C(=O)c2ccc3cc(OC)ccc3c2)c1OC. The molecule has 4 nitrogen and oxygen atoms in total. The molecular formula is C23H22O4. The fourth-order valence-corrected chi connectivity index (χ4v) is 2.92. The maximum absolute atomic E-state index is 12.6. The predicted octanol–water partition coefficient (Wildman–Crippen LogP) is 5.15. The van der Waals surface area contributed by atoms with Crippen molar-refractivity contribution in [1.29, 1.82) is 0 Å². The molecule has 0 aliphatic heterocycles. The summed E-state index contributed by atoms with van der Waals surface area (Å²) in [6.45, 7) is 2.46. The highest BCUT2D eigenvalue weighted by Crippen LogP contribution is 2.32. The number of allylic oxidation sites excluding steroid dienone is 1. The summed E-state index contributed by atoms with van der Waals surface area (Å²) >= 11 is 0. The minimum Gasteiger partial charge on any atom is -0.497 e. The Bertz CT molecular complexity index is 989. The zero-order chi connectivity index (χ0) is 19.2. The standard InChI is InChI=1S/C23H22O4/c1-4-27-22-7-5-6-16(23(22)26-3)11-13-21(24)19-9-8-18-15-20(25-2)12-10-17(18)14-19/h5-15H,4H2,1-3H3/b13-11+. The fraction of sp³-hybridized carbons (Fsp3) is 0.174. The Morgan fingerprint density at radius 2 is 1.74 bits per heavy atom. The maximum atomic E-state index is 12.6. The first kappa shape index (κ1) is 18.5. The van der Waals surface area contributed by atoms with Crippen molar-refractivity contribution >= 4 is 22.6 Å². The van der Waals surface area contributed by atoms with Gasteiger partial charge in [-0.25, -0.2) is 0 Å². The number of fused-ring (bicyclic) bond motifs is 1. The lowest BCUT2D eigenvalue weighted by molar-refractivity contribution is 0.104. The van der Waals surface area contributed by atoms with Crippen LogP contribution in [-0.4, -0.2) is 26.6 Å². The number of carbonyl (C=O) groups is 1. The first-order chi connectivity index (χ1) is 13.2. The Morgan fingerprint density at radius 1 is 0.963 bits per heavy atom. The molecule has 0 radical (unpaired) electrons. The van der Waals surface area contributed by atoms with Gasteiger partial charge in [0.15, 0.2) is 17.3 Å². The number of ether oxygens (including phenoxy) is 3. The molecule has 0 bridgehead atoms. The number of hydrogen-bond donors (Lipinski definition) is 0. The van der Waals surface area contributed by atoms with E-state index in [1.807, 2.05) is 61.5 Å². The van der Waals surface area contributed by atoms with Crippen LogP contribution in [0.15, 0.2) is 60.7 Å². The number of hydrogen-bond acceptors (Lipinski definition) is 4. The van der Waals surface area contributed by atoms with E-state index >= 15 is 0 Å². The van der Waals surface area contributed by atoms with Gasteiger partial charge in [-0.1, -0.05) is 30.3 Å². The van der Waals surface area contributed by atoms with Crippen LogP contribution < -0.4 is 14.2 Å². The molecule has 138 valence electrons. The van der Waals surface area contributed by atoms with Crippen molar-refractivity contribution in [2.45, 2.75) is 6.92 Å². The van der Waals surface area contributed by atoms with Crippen molar-refractivity contribution in [3.63, 3.8) is 0 Å². The molecule has 0 amide bonds. The number of methoxy groups -OCH3 is 2. The topological polar surface area (TPSA) is 44.8 Å². The fourth-order valence-electron chi connectivity index (χ4n) is 2.92. The van der Waals surface area contributed by atoms with Crippen molar-refractivity contribution in [3.05, 3.63) is 71.8 Å². The summed E-state index contributed by atoms with van der Waals surface area (Å²) in [5.74, 6) is 2.00. The van der Waals surface area contributed by atoms with E-state index in [-0.39, 0.29) is 5.78 Å². The molecular weight excluding hydrogens is 340 g/mol. The minimum absolute atomic E-state index is 0.0726. The van der Waals surface area contributed by atoms with Gasteiger partial charge in [-0.2, -0.15) is 0 Å². The molecule has 3 aromatic rings. The van der Waals surface area contributed by atoms with Crippen molar-refractivity contribution in [2.75, 3.05) is 20.8 Å². The summed E-state index contributed by atoms with van der Waals surface area (Å²) in [5, 5.41) is 2.02. The van der Waals surface area contributed by atoms with Crippen LogP contribution in [0.25, 0.3) is 16.8 Å². The van der Waals surface area contributed by atoms with Gasteiger partial charge in [0.25, 0.3) is 0 Å². The van der Waals surface area contributed by atoms with Gasteiger partial charge in [0.05, 0.1) is 20.8 Å². The summed E-state index contributed by atoms with van der Waals surface area (Å²) in [5.41, 5.74) is 1.42. The number of ketones is 1. The zero-order valence-electron chi connectivity index (χ0n) is 15.7. The third-order valence-corrected chi connectivity index (χ3v) is 4.26. The van der Waals surface area contributed by atoms with Gasteiger partial charge in [0.1, 0.15) is 5.75 Å². The monoisotopic (exact) mass is 362 g/mol. The molecule has 0 unspecified atom stereocenters. The Labute approximate surface area is 159 Å². The van der Waals surface area contributed by atoms with E-state index in [0.717, 1.165) is 22.1 Å². The average Bonchev–Trinajstić information content (AvgIpc) is 2.71. The van der Waals surface area contributed by atoms with Crippen LogP contribution in [0.2, 0.25) is 0 Å². The molecule has 0 aliphatic rings. The van der Waals surface area contributed by atoms with Gasteiger partial charge in [-0.05, 0) is 54.1 Å². The number of para-hydroxylation sites is 1. The second kappa shape index (κ2) is 8.41. The van der Waals surface area contributed by atoms with Crippen LogP contribution in [0.1, 0.15) is 22.8 Å². The van der Waals surface area contributed by atoms with Crippen LogP contribution in [0.3, 0.4) is 0 Å². The zero-order valence-corrected chi connectivity index (χ0v) is 15.7. The highest BCUT2D eigenvalue weighted by molar-refractivity contribution is 6.08. The molecule has 4 heteroatoms. The van der Waals surface area contributed by atoms with Gasteiger partial charge in [0.2, 0.25) is 0 Å². The largest absolute Gasteiger partial charge is 0.497 e. The van der Waals surface area contributed by atoms with Crippen LogP contribution in [0.5, 0.6) is 17.2 Å². The first-order valence-corrected chi connectivity index (χ1v) is 8.76. The Morgan fingerprint density at radius 3 is 2.48 bits per heavy atom. The third-order valence-electron chi connectivity index (χ3n) is 4.26. The molecule has 3 rings (SSSR count). The maximum Gasteiger partial charge on any atom is 0.185 e. The Balaban J connectivity index is 1.87. The summed E-state index contributed by atoms with van der Waals surface area (Å²) < 4.78 is 16.3. The highest BCUT2D eigenvalue weighted by atomic mass is 16.5.